The molecule has 11 aromatic rings. The molecule has 0 radical (unpaired) electrons. The molecular formula is C63H46N4. The Bertz CT molecular complexity index is 3600. The summed E-state index contributed by atoms with van der Waals surface area (Å²) < 4.78 is 4.72. The third-order valence-electron chi connectivity index (χ3n) is 13.5. The maximum Gasteiger partial charge on any atom is 0.0699 e. The van der Waals surface area contributed by atoms with Crippen LogP contribution in [0.15, 0.2) is 273 Å². The Kier molecular flexibility index (Phi) is 9.92. The Morgan fingerprint density at radius 1 is 0.522 bits per heavy atom. The number of hydrogen-bond donors (Lipinski definition) is 0. The molecule has 3 aromatic heterocycles. The van der Waals surface area contributed by atoms with E-state index in [1.165, 1.54) is 43.9 Å². The molecule has 0 spiro atoms. The number of nitrogens with zero attached hydrogens (tertiary/aromatic N) is 4. The van der Waals surface area contributed by atoms with Gasteiger partial charge in [-0.1, -0.05) is 158 Å². The smallest absolute Gasteiger partial charge is 0.0699 e. The van der Waals surface area contributed by atoms with Gasteiger partial charge in [0.15, 0.2) is 0 Å². The molecule has 4 heteroatoms. The van der Waals surface area contributed by atoms with E-state index in [0.717, 1.165) is 62.6 Å². The summed E-state index contributed by atoms with van der Waals surface area (Å²) in [6.07, 6.45) is 13.6. The number of para-hydroxylation sites is 2. The van der Waals surface area contributed by atoms with E-state index >= 15 is 0 Å². The van der Waals surface area contributed by atoms with Crippen molar-refractivity contribution in [3.05, 3.63) is 295 Å². The van der Waals surface area contributed by atoms with Crippen LogP contribution in [0, 0.1) is 0 Å². The van der Waals surface area contributed by atoms with E-state index in [9.17, 15) is 0 Å². The first kappa shape index (κ1) is 39.8. The first-order valence-corrected chi connectivity index (χ1v) is 22.9. The van der Waals surface area contributed by atoms with Gasteiger partial charge in [-0.15, -0.1) is 0 Å². The lowest BCUT2D eigenvalue weighted by atomic mass is 9.63. The van der Waals surface area contributed by atoms with Crippen molar-refractivity contribution in [1.82, 2.24) is 14.1 Å². The van der Waals surface area contributed by atoms with E-state index in [0.29, 0.717) is 0 Å². The standard InChI is InChI=1S/C63H46N4/c1-45-42-54(29-16-19-47-18-14-15-30-59(47)63(45,49-21-6-2-7-22-49)50-23-8-3-9-24-50)66(53-33-31-46(32-34-53)48-20-17-40-64-44-48)55-35-37-61-58(43-55)56-36-38-60-57(39-41-65(60)51-25-10-4-11-26-51)62(56)67(61)52-27-12-5-13-28-52/h2-18,20-44H,1,19H2/b29-16-,54-42+. The summed E-state index contributed by atoms with van der Waals surface area (Å²) in [4.78, 5) is 6.83. The van der Waals surface area contributed by atoms with Gasteiger partial charge in [0.1, 0.15) is 0 Å². The van der Waals surface area contributed by atoms with Crippen molar-refractivity contribution in [2.24, 2.45) is 0 Å². The number of rotatable bonds is 8. The van der Waals surface area contributed by atoms with Crippen LogP contribution in [0.2, 0.25) is 0 Å². The average molecular weight is 859 g/mol. The lowest BCUT2D eigenvalue weighted by Gasteiger charge is -2.39. The Labute approximate surface area is 391 Å². The highest BCUT2D eigenvalue weighted by molar-refractivity contribution is 6.19. The molecule has 1 aliphatic rings. The number of allylic oxidation sites excluding steroid dienone is 4. The molecule has 8 aromatic carbocycles. The zero-order valence-corrected chi connectivity index (χ0v) is 37.0. The minimum Gasteiger partial charge on any atom is -0.316 e. The maximum absolute atomic E-state index is 5.07. The van der Waals surface area contributed by atoms with Gasteiger partial charge in [-0.3, -0.25) is 4.98 Å². The molecular weight excluding hydrogens is 813 g/mol. The molecule has 1 aliphatic carbocycles. The van der Waals surface area contributed by atoms with Crippen LogP contribution in [-0.4, -0.2) is 14.1 Å². The van der Waals surface area contributed by atoms with Crippen molar-refractivity contribution < 1.29 is 0 Å². The van der Waals surface area contributed by atoms with Crippen LogP contribution < -0.4 is 4.90 Å². The lowest BCUT2D eigenvalue weighted by Crippen LogP contribution is -2.32. The minimum absolute atomic E-state index is 0.680. The van der Waals surface area contributed by atoms with E-state index in [-0.39, 0.29) is 0 Å². The summed E-state index contributed by atoms with van der Waals surface area (Å²) >= 11 is 0. The summed E-state index contributed by atoms with van der Waals surface area (Å²) in [5.41, 5.74) is 16.1. The number of benzene rings is 8. The van der Waals surface area contributed by atoms with Crippen LogP contribution in [0.4, 0.5) is 11.4 Å². The van der Waals surface area contributed by atoms with E-state index in [1.54, 1.807) is 0 Å². The Balaban J connectivity index is 1.11. The minimum atomic E-state index is -0.680. The number of pyridine rings is 1. The highest BCUT2D eigenvalue weighted by atomic mass is 15.1. The maximum atomic E-state index is 5.07. The second kappa shape index (κ2) is 16.7. The predicted octanol–water partition coefficient (Wildman–Crippen LogP) is 15.5. The van der Waals surface area contributed by atoms with Crippen LogP contribution in [0.25, 0.3) is 55.2 Å². The third kappa shape index (κ3) is 6.73. The fourth-order valence-corrected chi connectivity index (χ4v) is 10.5. The molecule has 0 N–H and O–H groups in total. The molecule has 0 aliphatic heterocycles. The molecule has 0 fully saturated rings. The van der Waals surface area contributed by atoms with Crippen LogP contribution >= 0.6 is 0 Å². The molecule has 318 valence electrons. The molecule has 0 bridgehead atoms. The Morgan fingerprint density at radius 3 is 1.87 bits per heavy atom. The molecule has 0 atom stereocenters. The van der Waals surface area contributed by atoms with Crippen LogP contribution in [0.3, 0.4) is 0 Å². The Morgan fingerprint density at radius 2 is 1.16 bits per heavy atom. The van der Waals surface area contributed by atoms with Crippen molar-refractivity contribution in [1.29, 1.82) is 0 Å². The van der Waals surface area contributed by atoms with Crippen molar-refractivity contribution in [2.75, 3.05) is 4.90 Å². The van der Waals surface area contributed by atoms with Crippen molar-refractivity contribution >= 4 is 44.1 Å². The highest BCUT2D eigenvalue weighted by Crippen LogP contribution is 2.49. The predicted molar refractivity (Wildman–Crippen MR) is 279 cm³/mol. The fraction of sp³-hybridized carbons (Fsp3) is 0.0317. The molecule has 0 saturated heterocycles. The highest BCUT2D eigenvalue weighted by Gasteiger charge is 2.40. The number of anilines is 2. The molecule has 0 saturated carbocycles. The summed E-state index contributed by atoms with van der Waals surface area (Å²) in [6.45, 7) is 5.07. The quantitative estimate of drug-likeness (QED) is 0.152. The number of hydrogen-bond acceptors (Lipinski definition) is 2. The molecule has 0 amide bonds. The van der Waals surface area contributed by atoms with E-state index in [1.807, 2.05) is 18.5 Å². The second-order valence-corrected chi connectivity index (χ2v) is 17.3. The zero-order chi connectivity index (χ0) is 44.7. The van der Waals surface area contributed by atoms with Crippen LogP contribution in [0.5, 0.6) is 0 Å². The topological polar surface area (TPSA) is 26.0 Å². The average Bonchev–Trinajstić information content (AvgIpc) is 3.99. The molecule has 12 rings (SSSR count). The normalized spacial score (nSPS) is 14.7. The number of aromatic nitrogens is 3. The molecule has 4 nitrogen and oxygen atoms in total. The summed E-state index contributed by atoms with van der Waals surface area (Å²) in [5.74, 6) is 0. The van der Waals surface area contributed by atoms with E-state index in [4.69, 9.17) is 6.58 Å². The van der Waals surface area contributed by atoms with Crippen LogP contribution in [-0.2, 0) is 11.8 Å². The van der Waals surface area contributed by atoms with Gasteiger partial charge in [-0.25, -0.2) is 0 Å². The molecule has 67 heavy (non-hydrogen) atoms. The van der Waals surface area contributed by atoms with Gasteiger partial charge in [-0.2, -0.15) is 0 Å². The molecule has 0 unspecified atom stereocenters. The van der Waals surface area contributed by atoms with Gasteiger partial charge in [0.25, 0.3) is 0 Å². The largest absolute Gasteiger partial charge is 0.316 e. The SMILES string of the molecule is C=C1/C=C(N(c2ccc(-c3cccnc3)cc2)c2ccc3c(c2)c2ccc4c(ccn4-c4ccccc4)c2n3-c2ccccc2)\C=C/Cc2ccccc2C1(c1ccccc1)c1ccccc1. The molecule has 3 heterocycles. The third-order valence-corrected chi connectivity index (χ3v) is 13.5. The van der Waals surface area contributed by atoms with Crippen molar-refractivity contribution in [3.63, 3.8) is 0 Å². The van der Waals surface area contributed by atoms with Gasteiger partial charge >= 0.3 is 0 Å². The monoisotopic (exact) mass is 858 g/mol. The summed E-state index contributed by atoms with van der Waals surface area (Å²) in [6, 6.07) is 78.8. The van der Waals surface area contributed by atoms with Gasteiger partial charge < -0.3 is 14.0 Å². The van der Waals surface area contributed by atoms with E-state index < -0.39 is 5.41 Å². The van der Waals surface area contributed by atoms with E-state index in [2.05, 4.69) is 256 Å². The lowest BCUT2D eigenvalue weighted by molar-refractivity contribution is 0.736. The van der Waals surface area contributed by atoms with Gasteiger partial charge in [0.2, 0.25) is 0 Å². The first-order valence-electron chi connectivity index (χ1n) is 22.9. The number of fused-ring (bicyclic) bond motifs is 6. The second-order valence-electron chi connectivity index (χ2n) is 17.3. The zero-order valence-electron chi connectivity index (χ0n) is 37.0. The van der Waals surface area contributed by atoms with Crippen LogP contribution in [0.1, 0.15) is 22.3 Å². The Hall–Kier alpha value is -8.73. The summed E-state index contributed by atoms with van der Waals surface area (Å²) in [7, 11) is 0. The first-order chi connectivity index (χ1) is 33.2. The van der Waals surface area contributed by atoms with Gasteiger partial charge in [0.05, 0.1) is 22.0 Å². The summed E-state index contributed by atoms with van der Waals surface area (Å²) in [5, 5.41) is 3.56. The van der Waals surface area contributed by atoms with Crippen molar-refractivity contribution in [2.45, 2.75) is 11.8 Å². The van der Waals surface area contributed by atoms with Crippen molar-refractivity contribution in [3.8, 4) is 22.5 Å². The van der Waals surface area contributed by atoms with Gasteiger partial charge in [-0.05, 0) is 130 Å². The fourth-order valence-electron chi connectivity index (χ4n) is 10.5. The van der Waals surface area contributed by atoms with Gasteiger partial charge in [0, 0.05) is 63.2 Å².